The number of nitrogen functional groups attached to an aromatic ring is 1. The third kappa shape index (κ3) is 2.44. The van der Waals surface area contributed by atoms with Gasteiger partial charge >= 0.3 is 0 Å². The number of nitrogens with two attached hydrogens (primary N) is 1. The van der Waals surface area contributed by atoms with E-state index in [0.29, 0.717) is 18.2 Å². The summed E-state index contributed by atoms with van der Waals surface area (Å²) in [5.74, 6) is 1.11. The van der Waals surface area contributed by atoms with Gasteiger partial charge in [-0.2, -0.15) is 0 Å². The third-order valence-corrected chi connectivity index (χ3v) is 2.86. The van der Waals surface area contributed by atoms with Crippen molar-refractivity contribution in [1.82, 2.24) is 15.2 Å². The van der Waals surface area contributed by atoms with Crippen LogP contribution in [-0.4, -0.2) is 15.2 Å². The Balaban J connectivity index is 1.84. The lowest BCUT2D eigenvalue weighted by Crippen LogP contribution is -2.04. The van der Waals surface area contributed by atoms with E-state index in [1.165, 1.54) is 0 Å². The van der Waals surface area contributed by atoms with Crippen LogP contribution in [0.1, 0.15) is 5.56 Å². The van der Waals surface area contributed by atoms with Gasteiger partial charge in [0.2, 0.25) is 0 Å². The number of nitrogens with zero attached hydrogens (tertiary/aromatic N) is 3. The van der Waals surface area contributed by atoms with E-state index in [1.807, 2.05) is 18.2 Å². The van der Waals surface area contributed by atoms with Crippen LogP contribution in [0.15, 0.2) is 48.7 Å². The molecule has 2 aromatic heterocycles. The lowest BCUT2D eigenvalue weighted by atomic mass is 10.1. The molecule has 3 aromatic rings. The van der Waals surface area contributed by atoms with E-state index in [-0.39, 0.29) is 0 Å². The molecule has 0 aliphatic rings. The van der Waals surface area contributed by atoms with Gasteiger partial charge in [0.05, 0.1) is 5.52 Å². The van der Waals surface area contributed by atoms with Crippen molar-refractivity contribution in [3.8, 4) is 0 Å². The number of nitrogens with one attached hydrogen (secondary N) is 1. The largest absolute Gasteiger partial charge is 0.382 e. The molecule has 3 N–H and O–H groups in total. The van der Waals surface area contributed by atoms with E-state index in [1.54, 1.807) is 18.3 Å². The number of para-hydroxylation sites is 1. The van der Waals surface area contributed by atoms with Crippen LogP contribution < -0.4 is 11.1 Å². The smallest absolute Gasteiger partial charge is 0.149 e. The van der Waals surface area contributed by atoms with E-state index in [9.17, 15) is 0 Å². The van der Waals surface area contributed by atoms with Crippen molar-refractivity contribution in [2.75, 3.05) is 11.1 Å². The molecule has 0 unspecified atom stereocenters. The second-order valence-corrected chi connectivity index (χ2v) is 4.19. The minimum atomic E-state index is 0.414. The van der Waals surface area contributed by atoms with Gasteiger partial charge in [0.25, 0.3) is 0 Å². The molecule has 2 heterocycles. The van der Waals surface area contributed by atoms with Crippen molar-refractivity contribution in [2.24, 2.45) is 0 Å². The van der Waals surface area contributed by atoms with Gasteiger partial charge < -0.3 is 11.1 Å². The van der Waals surface area contributed by atoms with Gasteiger partial charge in [0.1, 0.15) is 11.6 Å². The standard InChI is InChI=1S/C14H13N5/c15-12-6-7-13(19-18-12)17-9-11-4-1-3-10-5-2-8-16-14(10)11/h1-8H,9H2,(H2,15,18)(H,17,19). The quantitative estimate of drug-likeness (QED) is 0.746. The van der Waals surface area contributed by atoms with Crippen LogP contribution in [0.25, 0.3) is 10.9 Å². The van der Waals surface area contributed by atoms with E-state index in [0.717, 1.165) is 16.5 Å². The summed E-state index contributed by atoms with van der Waals surface area (Å²) in [5, 5.41) is 12.1. The molecule has 0 saturated carbocycles. The average molecular weight is 251 g/mol. The Morgan fingerprint density at radius 1 is 1.00 bits per heavy atom. The first-order valence-corrected chi connectivity index (χ1v) is 5.98. The number of fused-ring (bicyclic) bond motifs is 1. The van der Waals surface area contributed by atoms with Crippen molar-refractivity contribution in [3.05, 3.63) is 54.2 Å². The SMILES string of the molecule is Nc1ccc(NCc2cccc3cccnc23)nn1. The molecule has 94 valence electrons. The average Bonchev–Trinajstić information content (AvgIpc) is 2.47. The Kier molecular flexibility index (Phi) is 2.94. The molecule has 0 radical (unpaired) electrons. The highest BCUT2D eigenvalue weighted by Crippen LogP contribution is 2.16. The summed E-state index contributed by atoms with van der Waals surface area (Å²) in [5.41, 5.74) is 7.62. The summed E-state index contributed by atoms with van der Waals surface area (Å²) in [6, 6.07) is 13.6. The van der Waals surface area contributed by atoms with Gasteiger partial charge in [-0.3, -0.25) is 4.98 Å². The summed E-state index contributed by atoms with van der Waals surface area (Å²) in [4.78, 5) is 4.41. The minimum Gasteiger partial charge on any atom is -0.382 e. The summed E-state index contributed by atoms with van der Waals surface area (Å²) in [7, 11) is 0. The Bertz CT molecular complexity index is 688. The van der Waals surface area contributed by atoms with Gasteiger partial charge in [-0.25, -0.2) is 0 Å². The van der Waals surface area contributed by atoms with Gasteiger partial charge in [-0.15, -0.1) is 10.2 Å². The van der Waals surface area contributed by atoms with E-state index in [2.05, 4.69) is 32.6 Å². The summed E-state index contributed by atoms with van der Waals surface area (Å²) in [6.45, 7) is 0.646. The van der Waals surface area contributed by atoms with Crippen LogP contribution in [0.3, 0.4) is 0 Å². The van der Waals surface area contributed by atoms with Crippen molar-refractivity contribution < 1.29 is 0 Å². The molecular weight excluding hydrogens is 238 g/mol. The molecular formula is C14H13N5. The molecule has 0 fully saturated rings. The molecule has 1 aromatic carbocycles. The van der Waals surface area contributed by atoms with Gasteiger partial charge in [-0.1, -0.05) is 24.3 Å². The lowest BCUT2D eigenvalue weighted by molar-refractivity contribution is 1.01. The number of hydrogen-bond donors (Lipinski definition) is 2. The van der Waals surface area contributed by atoms with Gasteiger partial charge in [0.15, 0.2) is 0 Å². The van der Waals surface area contributed by atoms with E-state index in [4.69, 9.17) is 5.73 Å². The van der Waals surface area contributed by atoms with Crippen molar-refractivity contribution in [3.63, 3.8) is 0 Å². The van der Waals surface area contributed by atoms with Crippen molar-refractivity contribution >= 4 is 22.5 Å². The maximum Gasteiger partial charge on any atom is 0.149 e. The Morgan fingerprint density at radius 3 is 2.74 bits per heavy atom. The first-order valence-electron chi connectivity index (χ1n) is 5.98. The Morgan fingerprint density at radius 2 is 1.89 bits per heavy atom. The predicted molar refractivity (Wildman–Crippen MR) is 75.5 cm³/mol. The molecule has 0 bridgehead atoms. The molecule has 5 heteroatoms. The number of pyridine rings is 1. The second-order valence-electron chi connectivity index (χ2n) is 4.19. The van der Waals surface area contributed by atoms with Crippen LogP contribution in [0, 0.1) is 0 Å². The van der Waals surface area contributed by atoms with E-state index >= 15 is 0 Å². The highest BCUT2D eigenvalue weighted by Gasteiger charge is 2.02. The number of hydrogen-bond acceptors (Lipinski definition) is 5. The molecule has 3 rings (SSSR count). The van der Waals surface area contributed by atoms with Crippen LogP contribution in [0.2, 0.25) is 0 Å². The fraction of sp³-hybridized carbons (Fsp3) is 0.0714. The molecule has 0 aliphatic heterocycles. The zero-order valence-corrected chi connectivity index (χ0v) is 10.2. The predicted octanol–water partition coefficient (Wildman–Crippen LogP) is 2.22. The molecule has 0 saturated heterocycles. The Hall–Kier alpha value is -2.69. The summed E-state index contributed by atoms with van der Waals surface area (Å²) >= 11 is 0. The normalized spacial score (nSPS) is 10.5. The van der Waals surface area contributed by atoms with Crippen molar-refractivity contribution in [1.29, 1.82) is 0 Å². The van der Waals surface area contributed by atoms with E-state index < -0.39 is 0 Å². The number of benzene rings is 1. The Labute approximate surface area is 110 Å². The molecule has 0 aliphatic carbocycles. The molecule has 5 nitrogen and oxygen atoms in total. The zero-order chi connectivity index (χ0) is 13.1. The number of aromatic nitrogens is 3. The molecule has 0 spiro atoms. The number of rotatable bonds is 3. The molecule has 0 atom stereocenters. The fourth-order valence-corrected chi connectivity index (χ4v) is 1.93. The highest BCUT2D eigenvalue weighted by molar-refractivity contribution is 5.81. The summed E-state index contributed by atoms with van der Waals surface area (Å²) in [6.07, 6.45) is 1.80. The molecule has 0 amide bonds. The lowest BCUT2D eigenvalue weighted by Gasteiger charge is -2.07. The fourth-order valence-electron chi connectivity index (χ4n) is 1.93. The monoisotopic (exact) mass is 251 g/mol. The number of anilines is 2. The van der Waals surface area contributed by atoms with Crippen molar-refractivity contribution in [2.45, 2.75) is 6.54 Å². The van der Waals surface area contributed by atoms with Gasteiger partial charge in [-0.05, 0) is 23.8 Å². The first kappa shape index (κ1) is 11.4. The second kappa shape index (κ2) is 4.89. The minimum absolute atomic E-state index is 0.414. The maximum absolute atomic E-state index is 5.50. The highest BCUT2D eigenvalue weighted by atomic mass is 15.2. The van der Waals surface area contributed by atoms with Crippen LogP contribution in [-0.2, 0) is 6.54 Å². The topological polar surface area (TPSA) is 76.7 Å². The van der Waals surface area contributed by atoms with Crippen LogP contribution >= 0.6 is 0 Å². The maximum atomic E-state index is 5.50. The third-order valence-electron chi connectivity index (χ3n) is 2.86. The van der Waals surface area contributed by atoms with Gasteiger partial charge in [0, 0.05) is 18.1 Å². The van der Waals surface area contributed by atoms with Crippen LogP contribution in [0.4, 0.5) is 11.6 Å². The summed E-state index contributed by atoms with van der Waals surface area (Å²) < 4.78 is 0. The van der Waals surface area contributed by atoms with Crippen LogP contribution in [0.5, 0.6) is 0 Å². The molecule has 19 heavy (non-hydrogen) atoms. The first-order chi connectivity index (χ1) is 9.33. The zero-order valence-electron chi connectivity index (χ0n) is 10.2.